The Bertz CT molecular complexity index is 895. The Labute approximate surface area is 143 Å². The predicted molar refractivity (Wildman–Crippen MR) is 92.8 cm³/mol. The Morgan fingerprint density at radius 1 is 1.22 bits per heavy atom. The lowest BCUT2D eigenvalue weighted by molar-refractivity contribution is 0.471. The summed E-state index contributed by atoms with van der Waals surface area (Å²) in [6.07, 6.45) is 0. The summed E-state index contributed by atoms with van der Waals surface area (Å²) >= 11 is 2.81. The Kier molecular flexibility index (Phi) is 4.61. The second kappa shape index (κ2) is 6.51. The van der Waals surface area contributed by atoms with Gasteiger partial charge in [-0.1, -0.05) is 42.4 Å². The summed E-state index contributed by atoms with van der Waals surface area (Å²) in [7, 11) is -3.70. The van der Waals surface area contributed by atoms with E-state index in [-0.39, 0.29) is 9.92 Å². The van der Waals surface area contributed by atoms with Gasteiger partial charge >= 0.3 is 0 Å². The number of rotatable bonds is 5. The van der Waals surface area contributed by atoms with E-state index in [1.165, 1.54) is 23.1 Å². The molecule has 0 aliphatic heterocycles. The summed E-state index contributed by atoms with van der Waals surface area (Å²) in [4.78, 5) is 5.32. The summed E-state index contributed by atoms with van der Waals surface area (Å²) in [6.45, 7) is 3.86. The summed E-state index contributed by atoms with van der Waals surface area (Å²) in [5, 5.41) is 2.24. The molecule has 0 aliphatic carbocycles. The van der Waals surface area contributed by atoms with Crippen molar-refractivity contribution in [2.24, 2.45) is 0 Å². The van der Waals surface area contributed by atoms with Crippen molar-refractivity contribution in [2.75, 3.05) is 5.75 Å². The lowest BCUT2D eigenvalue weighted by atomic mass is 10.2. The molecule has 23 heavy (non-hydrogen) atoms. The molecular weight excluding hydrogens is 350 g/mol. The number of benzene rings is 1. The summed E-state index contributed by atoms with van der Waals surface area (Å²) in [5.74, 6) is 1.05. The number of nitrogens with zero attached hydrogens (tertiary/aromatic N) is 1. The Morgan fingerprint density at radius 2 is 1.96 bits per heavy atom. The highest BCUT2D eigenvalue weighted by Gasteiger charge is 2.28. The fourth-order valence-corrected chi connectivity index (χ4v) is 4.92. The lowest BCUT2D eigenvalue weighted by Gasteiger charge is -2.03. The van der Waals surface area contributed by atoms with Crippen LogP contribution in [0.5, 0.6) is 0 Å². The van der Waals surface area contributed by atoms with Gasteiger partial charge in [0.15, 0.2) is 0 Å². The van der Waals surface area contributed by atoms with Crippen molar-refractivity contribution in [1.82, 2.24) is 4.98 Å². The second-order valence-corrected chi connectivity index (χ2v) is 8.89. The van der Waals surface area contributed by atoms with Gasteiger partial charge in [0.25, 0.3) is 0 Å². The van der Waals surface area contributed by atoms with Crippen LogP contribution < -0.4 is 0 Å². The Hall–Kier alpha value is -1.57. The topological polar surface area (TPSA) is 60.2 Å². The van der Waals surface area contributed by atoms with Crippen molar-refractivity contribution < 1.29 is 12.8 Å². The van der Waals surface area contributed by atoms with Crippen LogP contribution >= 0.6 is 23.1 Å². The molecule has 0 saturated carbocycles. The number of sulfone groups is 1. The molecule has 0 radical (unpaired) electrons. The van der Waals surface area contributed by atoms with Gasteiger partial charge in [-0.25, -0.2) is 8.42 Å². The van der Waals surface area contributed by atoms with Crippen LogP contribution in [0.15, 0.2) is 61.2 Å². The van der Waals surface area contributed by atoms with Crippen molar-refractivity contribution in [3.8, 4) is 10.8 Å². The van der Waals surface area contributed by atoms with Gasteiger partial charge in [0.1, 0.15) is 0 Å². The first-order chi connectivity index (χ1) is 11.0. The van der Waals surface area contributed by atoms with E-state index in [0.717, 1.165) is 10.4 Å². The van der Waals surface area contributed by atoms with Gasteiger partial charge in [-0.3, -0.25) is 0 Å². The number of aryl methyl sites for hydroxylation is 1. The minimum Gasteiger partial charge on any atom is -0.428 e. The van der Waals surface area contributed by atoms with Crippen molar-refractivity contribution >= 4 is 32.9 Å². The molecule has 0 bridgehead atoms. The van der Waals surface area contributed by atoms with Gasteiger partial charge < -0.3 is 4.42 Å². The van der Waals surface area contributed by atoms with Crippen molar-refractivity contribution in [3.63, 3.8) is 0 Å². The van der Waals surface area contributed by atoms with Gasteiger partial charge in [0, 0.05) is 0 Å². The molecule has 2 aromatic heterocycles. The van der Waals surface area contributed by atoms with Crippen LogP contribution in [0.2, 0.25) is 0 Å². The Balaban J connectivity index is 2.12. The number of hydrogen-bond donors (Lipinski definition) is 0. The van der Waals surface area contributed by atoms with Gasteiger partial charge in [-0.05, 0) is 36.3 Å². The molecule has 3 rings (SSSR count). The highest BCUT2D eigenvalue weighted by atomic mass is 32.2. The summed E-state index contributed by atoms with van der Waals surface area (Å²) in [6, 6.07) is 10.5. The molecule has 4 nitrogen and oxygen atoms in total. The van der Waals surface area contributed by atoms with Gasteiger partial charge in [0.05, 0.1) is 9.77 Å². The molecule has 0 amide bonds. The average molecular weight is 366 g/mol. The van der Waals surface area contributed by atoms with Crippen LogP contribution in [0.3, 0.4) is 0 Å². The molecule has 7 heteroatoms. The van der Waals surface area contributed by atoms with E-state index in [4.69, 9.17) is 4.42 Å². The molecule has 1 aromatic carbocycles. The predicted octanol–water partition coefficient (Wildman–Crippen LogP) is 4.66. The minimum atomic E-state index is -3.70. The van der Waals surface area contributed by atoms with Crippen LogP contribution in [0.1, 0.15) is 12.5 Å². The molecule has 2 heterocycles. The first-order valence-corrected chi connectivity index (χ1v) is 10.4. The monoisotopic (exact) mass is 365 g/mol. The van der Waals surface area contributed by atoms with E-state index in [2.05, 4.69) is 4.98 Å². The van der Waals surface area contributed by atoms with Crippen LogP contribution in [0.25, 0.3) is 10.8 Å². The maximum atomic E-state index is 12.9. The van der Waals surface area contributed by atoms with Gasteiger partial charge in [-0.2, -0.15) is 4.98 Å². The normalized spacial score (nSPS) is 11.7. The molecule has 0 spiro atoms. The number of thioether (sulfide) groups is 1. The molecule has 0 aliphatic rings. The van der Waals surface area contributed by atoms with E-state index in [0.29, 0.717) is 16.7 Å². The molecule has 0 fully saturated rings. The highest BCUT2D eigenvalue weighted by Crippen LogP contribution is 2.35. The zero-order valence-corrected chi connectivity index (χ0v) is 15.1. The van der Waals surface area contributed by atoms with Crippen LogP contribution in [-0.4, -0.2) is 19.2 Å². The van der Waals surface area contributed by atoms with E-state index >= 15 is 0 Å². The number of oxazole rings is 1. The standard InChI is InChI=1S/C16H15NO3S3/c1-3-21-16-15(17-14(20-16)13-5-4-10-22-13)23(18,19)12-8-6-11(2)7-9-12/h4-10H,3H2,1-2H3. The maximum Gasteiger partial charge on any atom is 0.238 e. The zero-order chi connectivity index (χ0) is 16.4. The maximum absolute atomic E-state index is 12.9. The first-order valence-electron chi connectivity index (χ1n) is 7.01. The molecule has 0 atom stereocenters. The quantitative estimate of drug-likeness (QED) is 0.616. The van der Waals surface area contributed by atoms with Crippen LogP contribution in [0, 0.1) is 6.92 Å². The SMILES string of the molecule is CCSc1oc(-c2cccs2)nc1S(=O)(=O)c1ccc(C)cc1. The van der Waals surface area contributed by atoms with E-state index in [1.807, 2.05) is 31.4 Å². The fourth-order valence-electron chi connectivity index (χ4n) is 2.02. The third kappa shape index (κ3) is 3.22. The smallest absolute Gasteiger partial charge is 0.238 e. The second-order valence-electron chi connectivity index (χ2n) is 4.84. The van der Waals surface area contributed by atoms with E-state index in [1.54, 1.807) is 24.3 Å². The third-order valence-electron chi connectivity index (χ3n) is 3.16. The minimum absolute atomic E-state index is 0.00315. The third-order valence-corrected chi connectivity index (χ3v) is 6.65. The van der Waals surface area contributed by atoms with Gasteiger partial charge in [-0.15, -0.1) is 11.3 Å². The highest BCUT2D eigenvalue weighted by molar-refractivity contribution is 8.00. The molecule has 3 aromatic rings. The van der Waals surface area contributed by atoms with E-state index in [9.17, 15) is 8.42 Å². The first kappa shape index (κ1) is 16.3. The number of aromatic nitrogens is 1. The summed E-state index contributed by atoms with van der Waals surface area (Å²) in [5.41, 5.74) is 1.01. The van der Waals surface area contributed by atoms with Gasteiger partial charge in [0.2, 0.25) is 25.8 Å². The lowest BCUT2D eigenvalue weighted by Crippen LogP contribution is -2.04. The number of thiophene rings is 1. The van der Waals surface area contributed by atoms with Crippen molar-refractivity contribution in [3.05, 3.63) is 47.3 Å². The van der Waals surface area contributed by atoms with Crippen LogP contribution in [-0.2, 0) is 9.84 Å². The average Bonchev–Trinajstić information content (AvgIpc) is 3.17. The fraction of sp³-hybridized carbons (Fsp3) is 0.188. The molecule has 0 saturated heterocycles. The van der Waals surface area contributed by atoms with E-state index < -0.39 is 9.84 Å². The zero-order valence-electron chi connectivity index (χ0n) is 12.6. The Morgan fingerprint density at radius 3 is 2.57 bits per heavy atom. The van der Waals surface area contributed by atoms with Crippen molar-refractivity contribution in [2.45, 2.75) is 28.9 Å². The van der Waals surface area contributed by atoms with Crippen molar-refractivity contribution in [1.29, 1.82) is 0 Å². The van der Waals surface area contributed by atoms with Crippen LogP contribution in [0.4, 0.5) is 0 Å². The molecule has 0 N–H and O–H groups in total. The molecule has 0 unspecified atom stereocenters. The molecular formula is C16H15NO3S3. The summed E-state index contributed by atoms with van der Waals surface area (Å²) < 4.78 is 31.5. The number of hydrogen-bond acceptors (Lipinski definition) is 6. The molecule has 120 valence electrons. The largest absolute Gasteiger partial charge is 0.428 e.